The van der Waals surface area contributed by atoms with Crippen LogP contribution in [-0.2, 0) is 4.79 Å². The van der Waals surface area contributed by atoms with Crippen molar-refractivity contribution >= 4 is 40.3 Å². The standard InChI is InChI=1S/C17H13NOS2/c1-18-16(19)15(21-17(18)20)11-13-9-5-6-10-14(13)12-7-3-2-4-8-12/h2-11H,1H3/b15-11-. The van der Waals surface area contributed by atoms with E-state index in [1.807, 2.05) is 42.5 Å². The summed E-state index contributed by atoms with van der Waals surface area (Å²) in [4.78, 5) is 14.3. The number of benzene rings is 2. The van der Waals surface area contributed by atoms with Gasteiger partial charge in [0.05, 0.1) is 4.91 Å². The van der Waals surface area contributed by atoms with Crippen LogP contribution in [0.25, 0.3) is 17.2 Å². The Bertz CT molecular complexity index is 737. The lowest BCUT2D eigenvalue weighted by molar-refractivity contribution is -0.121. The summed E-state index contributed by atoms with van der Waals surface area (Å²) in [6.45, 7) is 0. The first-order chi connectivity index (χ1) is 10.2. The molecule has 2 aromatic rings. The number of thiocarbonyl (C=S) groups is 1. The van der Waals surface area contributed by atoms with Crippen LogP contribution < -0.4 is 0 Å². The number of hydrogen-bond acceptors (Lipinski definition) is 3. The Labute approximate surface area is 133 Å². The van der Waals surface area contributed by atoms with Gasteiger partial charge in [0.15, 0.2) is 0 Å². The molecule has 0 spiro atoms. The lowest BCUT2D eigenvalue weighted by atomic mass is 9.99. The van der Waals surface area contributed by atoms with E-state index in [0.29, 0.717) is 9.23 Å². The Hall–Kier alpha value is -1.91. The van der Waals surface area contributed by atoms with Gasteiger partial charge in [-0.15, -0.1) is 0 Å². The maximum absolute atomic E-state index is 12.1. The number of amides is 1. The van der Waals surface area contributed by atoms with E-state index in [1.54, 1.807) is 7.05 Å². The first kappa shape index (κ1) is 14.0. The molecule has 0 radical (unpaired) electrons. The minimum Gasteiger partial charge on any atom is -0.296 e. The second kappa shape index (κ2) is 5.84. The zero-order valence-electron chi connectivity index (χ0n) is 11.4. The largest absolute Gasteiger partial charge is 0.296 e. The minimum absolute atomic E-state index is 0.0344. The monoisotopic (exact) mass is 311 g/mol. The van der Waals surface area contributed by atoms with E-state index < -0.39 is 0 Å². The quantitative estimate of drug-likeness (QED) is 0.613. The predicted molar refractivity (Wildman–Crippen MR) is 92.8 cm³/mol. The summed E-state index contributed by atoms with van der Waals surface area (Å²) in [6.07, 6.45) is 1.92. The number of carbonyl (C=O) groups excluding carboxylic acids is 1. The van der Waals surface area contributed by atoms with Gasteiger partial charge < -0.3 is 0 Å². The average Bonchev–Trinajstić information content (AvgIpc) is 2.76. The molecule has 2 nitrogen and oxygen atoms in total. The third kappa shape index (κ3) is 2.77. The van der Waals surface area contributed by atoms with Crippen molar-refractivity contribution in [2.45, 2.75) is 0 Å². The summed E-state index contributed by atoms with van der Waals surface area (Å²) in [7, 11) is 1.71. The summed E-state index contributed by atoms with van der Waals surface area (Å²) < 4.78 is 0.600. The first-order valence-corrected chi connectivity index (χ1v) is 7.75. The highest BCUT2D eigenvalue weighted by atomic mass is 32.2. The van der Waals surface area contributed by atoms with Gasteiger partial charge in [-0.05, 0) is 22.8 Å². The third-order valence-corrected chi connectivity index (χ3v) is 4.80. The van der Waals surface area contributed by atoms with Crippen LogP contribution in [0.15, 0.2) is 59.5 Å². The zero-order valence-corrected chi connectivity index (χ0v) is 13.1. The average molecular weight is 311 g/mol. The molecular weight excluding hydrogens is 298 g/mol. The van der Waals surface area contributed by atoms with Crippen molar-refractivity contribution in [1.82, 2.24) is 4.90 Å². The second-order valence-corrected chi connectivity index (χ2v) is 6.37. The first-order valence-electron chi connectivity index (χ1n) is 6.53. The second-order valence-electron chi connectivity index (χ2n) is 4.69. The normalized spacial score (nSPS) is 16.8. The van der Waals surface area contributed by atoms with E-state index in [4.69, 9.17) is 12.2 Å². The fourth-order valence-corrected chi connectivity index (χ4v) is 3.36. The number of rotatable bonds is 2. The molecule has 4 heteroatoms. The van der Waals surface area contributed by atoms with Crippen LogP contribution in [0, 0.1) is 0 Å². The molecule has 1 fully saturated rings. The van der Waals surface area contributed by atoms with Crippen molar-refractivity contribution in [2.75, 3.05) is 7.05 Å². The molecule has 1 aliphatic rings. The molecular formula is C17H13NOS2. The number of likely N-dealkylation sites (N-methyl/N-ethyl adjacent to an activating group) is 1. The molecule has 104 valence electrons. The maximum Gasteiger partial charge on any atom is 0.265 e. The Morgan fingerprint density at radius 2 is 1.71 bits per heavy atom. The molecule has 21 heavy (non-hydrogen) atoms. The van der Waals surface area contributed by atoms with Crippen LogP contribution in [0.4, 0.5) is 0 Å². The van der Waals surface area contributed by atoms with Crippen LogP contribution >= 0.6 is 24.0 Å². The number of carbonyl (C=O) groups is 1. The van der Waals surface area contributed by atoms with Crippen LogP contribution in [0.5, 0.6) is 0 Å². The van der Waals surface area contributed by atoms with E-state index >= 15 is 0 Å². The lowest BCUT2D eigenvalue weighted by Crippen LogP contribution is -2.22. The van der Waals surface area contributed by atoms with Gasteiger partial charge in [-0.2, -0.15) is 0 Å². The van der Waals surface area contributed by atoms with Crippen LogP contribution in [-0.4, -0.2) is 22.2 Å². The van der Waals surface area contributed by atoms with Crippen molar-refractivity contribution in [1.29, 1.82) is 0 Å². The molecule has 0 N–H and O–H groups in total. The maximum atomic E-state index is 12.1. The van der Waals surface area contributed by atoms with Gasteiger partial charge in [-0.3, -0.25) is 9.69 Å². The molecule has 0 saturated carbocycles. The lowest BCUT2D eigenvalue weighted by Gasteiger charge is -2.07. The Morgan fingerprint density at radius 3 is 2.38 bits per heavy atom. The van der Waals surface area contributed by atoms with Crippen LogP contribution in [0.1, 0.15) is 5.56 Å². The molecule has 1 aliphatic heterocycles. The summed E-state index contributed by atoms with van der Waals surface area (Å²) in [5.41, 5.74) is 3.27. The summed E-state index contributed by atoms with van der Waals surface area (Å²) in [6, 6.07) is 18.2. The number of nitrogens with zero attached hydrogens (tertiary/aromatic N) is 1. The Morgan fingerprint density at radius 1 is 1.05 bits per heavy atom. The number of thioether (sulfide) groups is 1. The Balaban J connectivity index is 2.05. The molecule has 1 heterocycles. The van der Waals surface area contributed by atoms with E-state index in [-0.39, 0.29) is 5.91 Å². The fraction of sp³-hybridized carbons (Fsp3) is 0.0588. The van der Waals surface area contributed by atoms with Crippen molar-refractivity contribution in [3.05, 3.63) is 65.1 Å². The molecule has 0 atom stereocenters. The van der Waals surface area contributed by atoms with Gasteiger partial charge in [0.2, 0.25) is 0 Å². The summed E-state index contributed by atoms with van der Waals surface area (Å²) >= 11 is 6.52. The van der Waals surface area contributed by atoms with Crippen LogP contribution in [0.3, 0.4) is 0 Å². The van der Waals surface area contributed by atoms with Crippen molar-refractivity contribution < 1.29 is 4.79 Å². The van der Waals surface area contributed by atoms with Gasteiger partial charge in [0, 0.05) is 7.05 Å². The van der Waals surface area contributed by atoms with Gasteiger partial charge >= 0.3 is 0 Å². The molecule has 1 amide bonds. The highest BCUT2D eigenvalue weighted by molar-refractivity contribution is 8.26. The summed E-state index contributed by atoms with van der Waals surface area (Å²) in [5.74, 6) is -0.0344. The molecule has 3 rings (SSSR count). The highest BCUT2D eigenvalue weighted by Crippen LogP contribution is 2.33. The van der Waals surface area contributed by atoms with E-state index in [9.17, 15) is 4.79 Å². The Kier molecular flexibility index (Phi) is 3.90. The van der Waals surface area contributed by atoms with Gasteiger partial charge in [0.1, 0.15) is 4.32 Å². The molecule has 0 aromatic heterocycles. The zero-order chi connectivity index (χ0) is 14.8. The molecule has 0 unspecified atom stereocenters. The van der Waals surface area contributed by atoms with Gasteiger partial charge in [-0.1, -0.05) is 78.6 Å². The fourth-order valence-electron chi connectivity index (χ4n) is 2.19. The third-order valence-electron chi connectivity index (χ3n) is 3.32. The highest BCUT2D eigenvalue weighted by Gasteiger charge is 2.28. The predicted octanol–water partition coefficient (Wildman–Crippen LogP) is 4.18. The molecule has 0 aliphatic carbocycles. The molecule has 0 bridgehead atoms. The van der Waals surface area contributed by atoms with Crippen molar-refractivity contribution in [3.63, 3.8) is 0 Å². The van der Waals surface area contributed by atoms with Gasteiger partial charge in [0.25, 0.3) is 5.91 Å². The van der Waals surface area contributed by atoms with E-state index in [2.05, 4.69) is 18.2 Å². The van der Waals surface area contributed by atoms with Crippen LogP contribution in [0.2, 0.25) is 0 Å². The smallest absolute Gasteiger partial charge is 0.265 e. The topological polar surface area (TPSA) is 20.3 Å². The SMILES string of the molecule is CN1C(=O)/C(=C/c2ccccc2-c2ccccc2)SC1=S. The number of hydrogen-bond donors (Lipinski definition) is 0. The van der Waals surface area contributed by atoms with Crippen molar-refractivity contribution in [3.8, 4) is 11.1 Å². The van der Waals surface area contributed by atoms with E-state index in [0.717, 1.165) is 16.7 Å². The minimum atomic E-state index is -0.0344. The van der Waals surface area contributed by atoms with E-state index in [1.165, 1.54) is 16.7 Å². The molecule has 2 aromatic carbocycles. The molecule has 1 saturated heterocycles. The summed E-state index contributed by atoms with van der Waals surface area (Å²) in [5, 5.41) is 0. The van der Waals surface area contributed by atoms with Crippen molar-refractivity contribution in [2.24, 2.45) is 0 Å². The van der Waals surface area contributed by atoms with Gasteiger partial charge in [-0.25, -0.2) is 0 Å².